The average Bonchev–Trinajstić information content (AvgIpc) is 2.42. The Morgan fingerprint density at radius 1 is 1.22 bits per heavy atom. The van der Waals surface area contributed by atoms with Crippen LogP contribution in [0.3, 0.4) is 0 Å². The molecule has 23 heavy (non-hydrogen) atoms. The van der Waals surface area contributed by atoms with Crippen LogP contribution < -0.4 is 0 Å². The number of rotatable bonds is 9. The minimum atomic E-state index is -1.68. The molecular formula is C19H30O3Si. The Labute approximate surface area is 141 Å². The minimum absolute atomic E-state index is 0.0612. The molecule has 0 aromatic heterocycles. The summed E-state index contributed by atoms with van der Waals surface area (Å²) in [7, 11) is -1.68. The summed E-state index contributed by atoms with van der Waals surface area (Å²) < 4.78 is 6.36. The molecule has 0 bridgehead atoms. The average molecular weight is 335 g/mol. The number of carboxylic acid groups (broad SMARTS) is 1. The molecule has 0 spiro atoms. The van der Waals surface area contributed by atoms with E-state index in [9.17, 15) is 4.79 Å². The Bertz CT molecular complexity index is 509. The monoisotopic (exact) mass is 334 g/mol. The van der Waals surface area contributed by atoms with Crippen LogP contribution in [0.5, 0.6) is 0 Å². The molecule has 1 aromatic rings. The van der Waals surface area contributed by atoms with Crippen molar-refractivity contribution < 1.29 is 14.3 Å². The predicted molar refractivity (Wildman–Crippen MR) is 98.2 cm³/mol. The first-order valence-electron chi connectivity index (χ1n) is 8.33. The van der Waals surface area contributed by atoms with Crippen LogP contribution in [0.1, 0.15) is 38.7 Å². The van der Waals surface area contributed by atoms with E-state index in [1.165, 1.54) is 6.08 Å². The molecule has 0 heterocycles. The van der Waals surface area contributed by atoms with Gasteiger partial charge in [0, 0.05) is 18.1 Å². The Balaban J connectivity index is 2.78. The lowest BCUT2D eigenvalue weighted by Crippen LogP contribution is -2.36. The lowest BCUT2D eigenvalue weighted by molar-refractivity contribution is -0.131. The Kier molecular flexibility index (Phi) is 7.72. The van der Waals surface area contributed by atoms with Crippen LogP contribution in [0, 0.1) is 5.92 Å². The van der Waals surface area contributed by atoms with Crippen LogP contribution in [-0.4, -0.2) is 25.5 Å². The minimum Gasteiger partial charge on any atom is -0.478 e. The predicted octanol–water partition coefficient (Wildman–Crippen LogP) is 5.07. The maximum absolute atomic E-state index is 10.9. The van der Waals surface area contributed by atoms with Gasteiger partial charge in [-0.2, -0.15) is 0 Å². The lowest BCUT2D eigenvalue weighted by Gasteiger charge is -2.30. The van der Waals surface area contributed by atoms with E-state index in [2.05, 4.69) is 33.9 Å². The fourth-order valence-corrected chi connectivity index (χ4v) is 6.45. The highest BCUT2D eigenvalue weighted by molar-refractivity contribution is 6.71. The van der Waals surface area contributed by atoms with Gasteiger partial charge in [0.15, 0.2) is 8.32 Å². The van der Waals surface area contributed by atoms with Crippen LogP contribution in [0.25, 0.3) is 0 Å². The Hall–Kier alpha value is -1.39. The molecule has 0 saturated heterocycles. The second-order valence-electron chi connectivity index (χ2n) is 7.24. The molecule has 0 aliphatic carbocycles. The molecule has 2 unspecified atom stereocenters. The first-order chi connectivity index (χ1) is 10.7. The van der Waals surface area contributed by atoms with Crippen molar-refractivity contribution in [1.82, 2.24) is 0 Å². The van der Waals surface area contributed by atoms with Crippen LogP contribution in [0.2, 0.25) is 19.1 Å². The van der Waals surface area contributed by atoms with Gasteiger partial charge >= 0.3 is 5.97 Å². The molecule has 0 saturated carbocycles. The number of benzene rings is 1. The first-order valence-corrected chi connectivity index (χ1v) is 11.4. The zero-order chi connectivity index (χ0) is 17.5. The second-order valence-corrected chi connectivity index (χ2v) is 11.4. The van der Waals surface area contributed by atoms with Gasteiger partial charge in [-0.15, -0.1) is 0 Å². The SMILES string of the molecule is CC(C)C[Si](C)(C)OC(C)CC(/C=C\C(=O)O)c1ccccc1. The van der Waals surface area contributed by atoms with Gasteiger partial charge in [-0.1, -0.05) is 50.3 Å². The van der Waals surface area contributed by atoms with Crippen LogP contribution in [-0.2, 0) is 9.22 Å². The molecule has 0 aliphatic rings. The zero-order valence-electron chi connectivity index (χ0n) is 15.0. The van der Waals surface area contributed by atoms with E-state index in [1.54, 1.807) is 6.08 Å². The third-order valence-electron chi connectivity index (χ3n) is 3.70. The zero-order valence-corrected chi connectivity index (χ0v) is 16.0. The van der Waals surface area contributed by atoms with Crippen molar-refractivity contribution >= 4 is 14.3 Å². The molecule has 1 N–H and O–H groups in total. The van der Waals surface area contributed by atoms with Gasteiger partial charge in [0.25, 0.3) is 0 Å². The van der Waals surface area contributed by atoms with Gasteiger partial charge < -0.3 is 9.53 Å². The van der Waals surface area contributed by atoms with Crippen molar-refractivity contribution in [2.24, 2.45) is 5.92 Å². The highest BCUT2D eigenvalue weighted by Crippen LogP contribution is 2.27. The summed E-state index contributed by atoms with van der Waals surface area (Å²) in [5.74, 6) is -0.208. The van der Waals surface area contributed by atoms with Crippen molar-refractivity contribution in [3.05, 3.63) is 48.0 Å². The fourth-order valence-electron chi connectivity index (χ4n) is 3.21. The van der Waals surface area contributed by atoms with Gasteiger partial charge in [0.05, 0.1) is 0 Å². The molecule has 3 nitrogen and oxygen atoms in total. The number of allylic oxidation sites excluding steroid dienone is 1. The van der Waals surface area contributed by atoms with Crippen molar-refractivity contribution in [2.45, 2.75) is 58.4 Å². The normalized spacial score (nSPS) is 15.0. The standard InChI is InChI=1S/C19H30O3Si/c1-15(2)14-23(4,5)22-16(3)13-18(11-12-19(20)21)17-9-7-6-8-10-17/h6-12,15-16,18H,13-14H2,1-5H3,(H,20,21)/b12-11-. The molecule has 0 fully saturated rings. The topological polar surface area (TPSA) is 46.5 Å². The van der Waals surface area contributed by atoms with E-state index in [4.69, 9.17) is 9.53 Å². The van der Waals surface area contributed by atoms with Crippen molar-refractivity contribution in [1.29, 1.82) is 0 Å². The quantitative estimate of drug-likeness (QED) is 0.507. The summed E-state index contributed by atoms with van der Waals surface area (Å²) in [6.45, 7) is 11.1. The summed E-state index contributed by atoms with van der Waals surface area (Å²) in [5.41, 5.74) is 1.13. The van der Waals surface area contributed by atoms with Gasteiger partial charge in [-0.05, 0) is 44.0 Å². The summed E-state index contributed by atoms with van der Waals surface area (Å²) >= 11 is 0. The summed E-state index contributed by atoms with van der Waals surface area (Å²) in [6.07, 6.45) is 3.91. The van der Waals surface area contributed by atoms with Gasteiger partial charge in [-0.3, -0.25) is 0 Å². The third-order valence-corrected chi connectivity index (χ3v) is 6.54. The summed E-state index contributed by atoms with van der Waals surface area (Å²) in [6, 6.07) is 11.2. The van der Waals surface area contributed by atoms with E-state index < -0.39 is 14.3 Å². The van der Waals surface area contributed by atoms with Crippen LogP contribution in [0.4, 0.5) is 0 Å². The fraction of sp³-hybridized carbons (Fsp3) is 0.526. The van der Waals surface area contributed by atoms with Crippen LogP contribution in [0.15, 0.2) is 42.5 Å². The Morgan fingerprint density at radius 3 is 2.35 bits per heavy atom. The van der Waals surface area contributed by atoms with E-state index in [1.807, 2.05) is 30.3 Å². The highest BCUT2D eigenvalue weighted by atomic mass is 28.4. The van der Waals surface area contributed by atoms with Crippen molar-refractivity contribution in [3.8, 4) is 0 Å². The van der Waals surface area contributed by atoms with Gasteiger partial charge in [0.2, 0.25) is 0 Å². The molecule has 128 valence electrons. The first kappa shape index (κ1) is 19.7. The molecular weight excluding hydrogens is 304 g/mol. The molecule has 0 radical (unpaired) electrons. The molecule has 0 aliphatic heterocycles. The maximum atomic E-state index is 10.9. The smallest absolute Gasteiger partial charge is 0.327 e. The van der Waals surface area contributed by atoms with E-state index >= 15 is 0 Å². The highest BCUT2D eigenvalue weighted by Gasteiger charge is 2.27. The number of aliphatic carboxylic acids is 1. The largest absolute Gasteiger partial charge is 0.478 e. The number of carboxylic acids is 1. The van der Waals surface area contributed by atoms with Crippen molar-refractivity contribution in [2.75, 3.05) is 0 Å². The number of hydrogen-bond acceptors (Lipinski definition) is 2. The van der Waals surface area contributed by atoms with Crippen molar-refractivity contribution in [3.63, 3.8) is 0 Å². The molecule has 4 heteroatoms. The number of hydrogen-bond donors (Lipinski definition) is 1. The van der Waals surface area contributed by atoms with E-state index in [-0.39, 0.29) is 12.0 Å². The molecule has 0 amide bonds. The van der Waals surface area contributed by atoms with Gasteiger partial charge in [0.1, 0.15) is 0 Å². The molecule has 2 atom stereocenters. The third kappa shape index (κ3) is 8.14. The molecule has 1 aromatic carbocycles. The maximum Gasteiger partial charge on any atom is 0.327 e. The Morgan fingerprint density at radius 2 is 1.83 bits per heavy atom. The summed E-state index contributed by atoms with van der Waals surface area (Å²) in [4.78, 5) is 10.9. The number of carbonyl (C=O) groups is 1. The van der Waals surface area contributed by atoms with E-state index in [0.29, 0.717) is 5.92 Å². The second kappa shape index (κ2) is 9.04. The van der Waals surface area contributed by atoms with Gasteiger partial charge in [-0.25, -0.2) is 4.79 Å². The molecule has 1 rings (SSSR count). The lowest BCUT2D eigenvalue weighted by atomic mass is 9.93. The van der Waals surface area contributed by atoms with Crippen LogP contribution >= 0.6 is 0 Å². The summed E-state index contributed by atoms with van der Waals surface area (Å²) in [5, 5.41) is 8.92. The van der Waals surface area contributed by atoms with E-state index in [0.717, 1.165) is 18.0 Å².